The minimum Gasteiger partial charge on any atom is -0.393 e. The number of hydrogen-bond donors (Lipinski definition) is 1. The van der Waals surface area contributed by atoms with Gasteiger partial charge in [-0.15, -0.1) is 0 Å². The number of rotatable bonds is 1. The normalized spacial score (nSPS) is 36.4. The maximum Gasteiger partial charge on any atom is 0.135 e. The monoisotopic (exact) mass is 184 g/mol. The lowest BCUT2D eigenvalue weighted by Gasteiger charge is -2.29. The van der Waals surface area contributed by atoms with Gasteiger partial charge in [0.2, 0.25) is 0 Å². The molecule has 0 atom stereocenters. The minimum atomic E-state index is -0.128. The van der Waals surface area contributed by atoms with Gasteiger partial charge in [0.25, 0.3) is 0 Å². The van der Waals surface area contributed by atoms with Crippen LogP contribution in [0.4, 0.5) is 0 Å². The molecule has 1 aliphatic carbocycles. The molecule has 0 aromatic heterocycles. The minimum absolute atomic E-state index is 0.111. The first kappa shape index (κ1) is 10.7. The molecule has 0 radical (unpaired) electrons. The summed E-state index contributed by atoms with van der Waals surface area (Å²) in [5.74, 6) is 0.309. The molecule has 2 nitrogen and oxygen atoms in total. The van der Waals surface area contributed by atoms with E-state index in [0.29, 0.717) is 5.78 Å². The topological polar surface area (TPSA) is 37.3 Å². The van der Waals surface area contributed by atoms with Gasteiger partial charge in [0, 0.05) is 5.41 Å². The lowest BCUT2D eigenvalue weighted by molar-refractivity contribution is -0.127. The molecule has 0 unspecified atom stereocenters. The van der Waals surface area contributed by atoms with Gasteiger partial charge in [0.1, 0.15) is 5.78 Å². The van der Waals surface area contributed by atoms with E-state index in [-0.39, 0.29) is 11.5 Å². The molecular formula is C11H20O2. The Labute approximate surface area is 80.3 Å². The van der Waals surface area contributed by atoms with Crippen LogP contribution in [0.1, 0.15) is 52.4 Å². The van der Waals surface area contributed by atoms with Gasteiger partial charge < -0.3 is 5.11 Å². The highest BCUT2D eigenvalue weighted by Gasteiger charge is 2.30. The summed E-state index contributed by atoms with van der Waals surface area (Å²) in [4.78, 5) is 11.4. The van der Waals surface area contributed by atoms with Crippen molar-refractivity contribution in [3.8, 4) is 0 Å². The lowest BCUT2D eigenvalue weighted by atomic mass is 9.75. The fraction of sp³-hybridized carbons (Fsp3) is 0.909. The lowest BCUT2D eigenvalue weighted by Crippen LogP contribution is -2.28. The van der Waals surface area contributed by atoms with Gasteiger partial charge in [-0.1, -0.05) is 6.92 Å². The number of ketones is 1. The zero-order valence-electron chi connectivity index (χ0n) is 8.68. The van der Waals surface area contributed by atoms with Crippen molar-refractivity contribution >= 4 is 5.78 Å². The highest BCUT2D eigenvalue weighted by atomic mass is 16.3. The van der Waals surface area contributed by atoms with Crippen LogP contribution in [0.5, 0.6) is 0 Å². The Hall–Kier alpha value is -0.370. The van der Waals surface area contributed by atoms with Crippen molar-refractivity contribution in [3.05, 3.63) is 0 Å². The largest absolute Gasteiger partial charge is 0.393 e. The maximum atomic E-state index is 11.4. The van der Waals surface area contributed by atoms with E-state index in [1.165, 1.54) is 0 Å². The molecule has 13 heavy (non-hydrogen) atoms. The van der Waals surface area contributed by atoms with Crippen LogP contribution in [0.3, 0.4) is 0 Å². The average Bonchev–Trinajstić information content (AvgIpc) is 2.01. The molecular weight excluding hydrogens is 164 g/mol. The van der Waals surface area contributed by atoms with Crippen molar-refractivity contribution in [3.63, 3.8) is 0 Å². The molecule has 0 amide bonds. The second-order valence-electron chi connectivity index (χ2n) is 4.56. The van der Waals surface area contributed by atoms with Crippen LogP contribution in [0.25, 0.3) is 0 Å². The molecule has 76 valence electrons. The molecule has 1 N–H and O–H groups in total. The zero-order valence-corrected chi connectivity index (χ0v) is 8.68. The SMILES string of the molecule is CC(=O)C1(C)CCCC(O)CCC1. The van der Waals surface area contributed by atoms with Crippen molar-refractivity contribution in [1.82, 2.24) is 0 Å². The summed E-state index contributed by atoms with van der Waals surface area (Å²) in [6, 6.07) is 0. The second-order valence-corrected chi connectivity index (χ2v) is 4.56. The van der Waals surface area contributed by atoms with Crippen molar-refractivity contribution in [1.29, 1.82) is 0 Å². The molecule has 0 aromatic carbocycles. The van der Waals surface area contributed by atoms with E-state index < -0.39 is 0 Å². The standard InChI is InChI=1S/C11H20O2/c1-9(12)11(2)7-3-5-10(13)6-4-8-11/h10,13H,3-8H2,1-2H3. The van der Waals surface area contributed by atoms with Gasteiger partial charge in [-0.25, -0.2) is 0 Å². The van der Waals surface area contributed by atoms with Crippen molar-refractivity contribution in [2.75, 3.05) is 0 Å². The summed E-state index contributed by atoms with van der Waals surface area (Å²) in [6.07, 6.45) is 5.45. The fourth-order valence-electron chi connectivity index (χ4n) is 2.08. The van der Waals surface area contributed by atoms with Crippen LogP contribution in [0, 0.1) is 5.41 Å². The van der Waals surface area contributed by atoms with Gasteiger partial charge in [0.15, 0.2) is 0 Å². The van der Waals surface area contributed by atoms with Crippen LogP contribution in [0.15, 0.2) is 0 Å². The van der Waals surface area contributed by atoms with Crippen LogP contribution in [-0.4, -0.2) is 17.0 Å². The summed E-state index contributed by atoms with van der Waals surface area (Å²) < 4.78 is 0. The van der Waals surface area contributed by atoms with Crippen molar-refractivity contribution in [2.24, 2.45) is 5.41 Å². The van der Waals surface area contributed by atoms with Crippen molar-refractivity contribution in [2.45, 2.75) is 58.5 Å². The number of hydrogen-bond acceptors (Lipinski definition) is 2. The van der Waals surface area contributed by atoms with Crippen LogP contribution in [0.2, 0.25) is 0 Å². The Bertz CT molecular complexity index is 177. The molecule has 0 aliphatic heterocycles. The first-order valence-electron chi connectivity index (χ1n) is 5.24. The third-order valence-corrected chi connectivity index (χ3v) is 3.38. The Morgan fingerprint density at radius 1 is 1.31 bits per heavy atom. The van der Waals surface area contributed by atoms with Crippen molar-refractivity contribution < 1.29 is 9.90 Å². The Morgan fingerprint density at radius 2 is 1.77 bits per heavy atom. The Morgan fingerprint density at radius 3 is 2.15 bits per heavy atom. The maximum absolute atomic E-state index is 11.4. The summed E-state index contributed by atoms with van der Waals surface area (Å²) in [5, 5.41) is 9.44. The molecule has 0 bridgehead atoms. The summed E-state index contributed by atoms with van der Waals surface area (Å²) in [7, 11) is 0. The van der Waals surface area contributed by atoms with E-state index >= 15 is 0 Å². The number of carbonyl (C=O) groups excluding carboxylic acids is 1. The molecule has 1 saturated carbocycles. The number of aliphatic hydroxyl groups excluding tert-OH is 1. The number of carbonyl (C=O) groups is 1. The predicted octanol–water partition coefficient (Wildman–Crippen LogP) is 2.30. The van der Waals surface area contributed by atoms with Crippen LogP contribution < -0.4 is 0 Å². The molecule has 0 heterocycles. The molecule has 1 rings (SSSR count). The van der Waals surface area contributed by atoms with E-state index in [9.17, 15) is 9.90 Å². The highest BCUT2D eigenvalue weighted by Crippen LogP contribution is 2.34. The van der Waals surface area contributed by atoms with Gasteiger partial charge in [-0.3, -0.25) is 4.79 Å². The van der Waals surface area contributed by atoms with E-state index in [4.69, 9.17) is 0 Å². The van der Waals surface area contributed by atoms with Crippen LogP contribution in [-0.2, 0) is 4.79 Å². The van der Waals surface area contributed by atoms with Gasteiger partial charge in [-0.05, 0) is 45.4 Å². The smallest absolute Gasteiger partial charge is 0.135 e. The Balaban J connectivity index is 2.54. The number of aliphatic hydroxyl groups is 1. The molecule has 0 aromatic rings. The fourth-order valence-corrected chi connectivity index (χ4v) is 2.08. The zero-order chi connectivity index (χ0) is 9.90. The van der Waals surface area contributed by atoms with Gasteiger partial charge in [0.05, 0.1) is 6.10 Å². The Kier molecular flexibility index (Phi) is 3.48. The average molecular weight is 184 g/mol. The molecule has 2 heteroatoms. The van der Waals surface area contributed by atoms with Gasteiger partial charge in [-0.2, -0.15) is 0 Å². The molecule has 1 aliphatic rings. The highest BCUT2D eigenvalue weighted by molar-refractivity contribution is 5.81. The summed E-state index contributed by atoms with van der Waals surface area (Å²) >= 11 is 0. The predicted molar refractivity (Wildman–Crippen MR) is 52.5 cm³/mol. The van der Waals surface area contributed by atoms with E-state index in [2.05, 4.69) is 6.92 Å². The van der Waals surface area contributed by atoms with E-state index in [1.54, 1.807) is 6.92 Å². The summed E-state index contributed by atoms with van der Waals surface area (Å²) in [6.45, 7) is 3.76. The number of Topliss-reactive ketones (excluding diaryl/α,β-unsaturated/α-hetero) is 1. The molecule has 0 spiro atoms. The summed E-state index contributed by atoms with van der Waals surface area (Å²) in [5.41, 5.74) is -0.111. The third-order valence-electron chi connectivity index (χ3n) is 3.38. The van der Waals surface area contributed by atoms with E-state index in [0.717, 1.165) is 38.5 Å². The first-order chi connectivity index (χ1) is 6.04. The van der Waals surface area contributed by atoms with E-state index in [1.807, 2.05) is 0 Å². The molecule has 1 fully saturated rings. The quantitative estimate of drug-likeness (QED) is 0.679. The third kappa shape index (κ3) is 2.80. The van der Waals surface area contributed by atoms with Gasteiger partial charge >= 0.3 is 0 Å². The second kappa shape index (κ2) is 4.23. The first-order valence-corrected chi connectivity index (χ1v) is 5.24. The van der Waals surface area contributed by atoms with Crippen LogP contribution >= 0.6 is 0 Å². The molecule has 0 saturated heterocycles.